The van der Waals surface area contributed by atoms with E-state index in [9.17, 15) is 10.1 Å². The van der Waals surface area contributed by atoms with Crippen molar-refractivity contribution in [2.75, 3.05) is 0 Å². The van der Waals surface area contributed by atoms with E-state index in [4.69, 9.17) is 5.11 Å². The molecule has 22 heavy (non-hydrogen) atoms. The van der Waals surface area contributed by atoms with E-state index in [0.717, 1.165) is 11.1 Å². The van der Waals surface area contributed by atoms with E-state index in [-0.39, 0.29) is 6.04 Å². The first-order chi connectivity index (χ1) is 10.6. The first kappa shape index (κ1) is 15.6. The molecule has 0 saturated carbocycles. The average Bonchev–Trinajstić information content (AvgIpc) is 2.53. The lowest BCUT2D eigenvalue weighted by molar-refractivity contribution is 0.189. The van der Waals surface area contributed by atoms with Crippen LogP contribution >= 0.6 is 0 Å². The molecular formula is C18H18N2O2. The summed E-state index contributed by atoms with van der Waals surface area (Å²) in [6.45, 7) is 1.77. The maximum Gasteiger partial charge on any atom is 0.404 e. The molecule has 0 aliphatic carbocycles. The molecule has 0 aliphatic heterocycles. The monoisotopic (exact) mass is 294 g/mol. The predicted octanol–water partition coefficient (Wildman–Crippen LogP) is 3.54. The summed E-state index contributed by atoms with van der Waals surface area (Å²) in [6.07, 6.45) is -0.718. The Hall–Kier alpha value is -2.80. The number of carboxylic acid groups (broad SMARTS) is 1. The minimum Gasteiger partial charge on any atom is -0.465 e. The van der Waals surface area contributed by atoms with Gasteiger partial charge in [-0.25, -0.2) is 4.79 Å². The van der Waals surface area contributed by atoms with E-state index in [1.165, 1.54) is 0 Å². The first-order valence-corrected chi connectivity index (χ1v) is 7.10. The topological polar surface area (TPSA) is 73.1 Å². The average molecular weight is 294 g/mol. The fourth-order valence-electron chi connectivity index (χ4n) is 2.74. The van der Waals surface area contributed by atoms with Crippen molar-refractivity contribution in [3.63, 3.8) is 0 Å². The molecule has 1 atom stereocenters. The summed E-state index contributed by atoms with van der Waals surface area (Å²) in [5.41, 5.74) is 0.843. The Labute approximate surface area is 130 Å². The van der Waals surface area contributed by atoms with Gasteiger partial charge < -0.3 is 10.4 Å². The number of amides is 1. The SMILES string of the molecule is C[C@@H](CC(C#N)(c1ccccc1)c1ccccc1)NC(=O)O. The minimum atomic E-state index is -1.08. The number of nitrogens with zero attached hydrogens (tertiary/aromatic N) is 1. The van der Waals surface area contributed by atoms with Gasteiger partial charge in [0.1, 0.15) is 5.41 Å². The zero-order valence-electron chi connectivity index (χ0n) is 12.4. The molecule has 2 rings (SSSR count). The van der Waals surface area contributed by atoms with Crippen molar-refractivity contribution in [2.45, 2.75) is 24.8 Å². The minimum absolute atomic E-state index is 0.349. The zero-order chi connectivity index (χ0) is 16.0. The molecule has 112 valence electrons. The smallest absolute Gasteiger partial charge is 0.404 e. The molecule has 0 radical (unpaired) electrons. The molecule has 0 heterocycles. The van der Waals surface area contributed by atoms with E-state index in [1.807, 2.05) is 60.7 Å². The van der Waals surface area contributed by atoms with Gasteiger partial charge in [0, 0.05) is 6.04 Å². The lowest BCUT2D eigenvalue weighted by Gasteiger charge is -2.30. The molecule has 0 spiro atoms. The largest absolute Gasteiger partial charge is 0.465 e. The zero-order valence-corrected chi connectivity index (χ0v) is 12.4. The number of rotatable bonds is 5. The van der Waals surface area contributed by atoms with Crippen LogP contribution in [0.25, 0.3) is 0 Å². The Morgan fingerprint density at radius 2 is 1.59 bits per heavy atom. The lowest BCUT2D eigenvalue weighted by Crippen LogP contribution is -2.39. The van der Waals surface area contributed by atoms with Gasteiger partial charge in [-0.05, 0) is 24.5 Å². The first-order valence-electron chi connectivity index (χ1n) is 7.10. The number of hydrogen-bond acceptors (Lipinski definition) is 2. The summed E-state index contributed by atoms with van der Waals surface area (Å²) in [6, 6.07) is 21.0. The van der Waals surface area contributed by atoms with Crippen LogP contribution in [0.3, 0.4) is 0 Å². The molecule has 4 nitrogen and oxygen atoms in total. The molecule has 2 aromatic rings. The van der Waals surface area contributed by atoms with Crippen LogP contribution in [0.4, 0.5) is 4.79 Å². The molecule has 0 fully saturated rings. The third-order valence-corrected chi connectivity index (χ3v) is 3.71. The molecule has 2 N–H and O–H groups in total. The molecule has 1 amide bonds. The van der Waals surface area contributed by atoms with E-state index < -0.39 is 11.5 Å². The summed E-state index contributed by atoms with van der Waals surface area (Å²) >= 11 is 0. The third kappa shape index (κ3) is 3.26. The van der Waals surface area contributed by atoms with Crippen molar-refractivity contribution in [2.24, 2.45) is 0 Å². The maximum atomic E-state index is 10.9. The Balaban J connectivity index is 2.49. The van der Waals surface area contributed by atoms with Gasteiger partial charge in [-0.3, -0.25) is 0 Å². The Kier molecular flexibility index (Phi) is 4.80. The van der Waals surface area contributed by atoms with Crippen LogP contribution in [0, 0.1) is 11.3 Å². The van der Waals surface area contributed by atoms with Gasteiger partial charge in [0.2, 0.25) is 0 Å². The van der Waals surface area contributed by atoms with Crippen LogP contribution in [-0.4, -0.2) is 17.2 Å². The van der Waals surface area contributed by atoms with Gasteiger partial charge in [0.15, 0.2) is 0 Å². The summed E-state index contributed by atoms with van der Waals surface area (Å²) in [5.74, 6) is 0. The van der Waals surface area contributed by atoms with Crippen LogP contribution in [0.5, 0.6) is 0 Å². The van der Waals surface area contributed by atoms with E-state index in [1.54, 1.807) is 6.92 Å². The van der Waals surface area contributed by atoms with Crippen molar-refractivity contribution in [3.05, 3.63) is 71.8 Å². The van der Waals surface area contributed by atoms with Crippen LogP contribution in [0.1, 0.15) is 24.5 Å². The predicted molar refractivity (Wildman–Crippen MR) is 84.5 cm³/mol. The fourth-order valence-corrected chi connectivity index (χ4v) is 2.74. The van der Waals surface area contributed by atoms with Gasteiger partial charge in [0.25, 0.3) is 0 Å². The second-order valence-corrected chi connectivity index (χ2v) is 5.30. The normalized spacial score (nSPS) is 12.2. The Morgan fingerprint density at radius 3 is 1.95 bits per heavy atom. The second kappa shape index (κ2) is 6.77. The van der Waals surface area contributed by atoms with Crippen LogP contribution in [0.2, 0.25) is 0 Å². The summed E-state index contributed by atoms with van der Waals surface area (Å²) in [7, 11) is 0. The number of carbonyl (C=O) groups is 1. The maximum absolute atomic E-state index is 10.9. The molecule has 0 aromatic heterocycles. The number of nitrogens with one attached hydrogen (secondary N) is 1. The quantitative estimate of drug-likeness (QED) is 0.885. The van der Waals surface area contributed by atoms with E-state index in [0.29, 0.717) is 6.42 Å². The van der Waals surface area contributed by atoms with Crippen molar-refractivity contribution in [3.8, 4) is 6.07 Å². The van der Waals surface area contributed by atoms with Gasteiger partial charge in [-0.2, -0.15) is 5.26 Å². The third-order valence-electron chi connectivity index (χ3n) is 3.71. The van der Waals surface area contributed by atoms with Gasteiger partial charge >= 0.3 is 6.09 Å². The molecule has 2 aromatic carbocycles. The number of benzene rings is 2. The Bertz CT molecular complexity index is 623. The van der Waals surface area contributed by atoms with Gasteiger partial charge in [-0.15, -0.1) is 0 Å². The van der Waals surface area contributed by atoms with Crippen molar-refractivity contribution < 1.29 is 9.90 Å². The van der Waals surface area contributed by atoms with Crippen LogP contribution in [-0.2, 0) is 5.41 Å². The van der Waals surface area contributed by atoms with Gasteiger partial charge in [0.05, 0.1) is 6.07 Å². The molecule has 0 aliphatic rings. The second-order valence-electron chi connectivity index (χ2n) is 5.30. The van der Waals surface area contributed by atoms with Crippen molar-refractivity contribution in [1.29, 1.82) is 5.26 Å². The lowest BCUT2D eigenvalue weighted by atomic mass is 9.71. The fraction of sp³-hybridized carbons (Fsp3) is 0.222. The highest BCUT2D eigenvalue weighted by atomic mass is 16.4. The number of nitriles is 1. The van der Waals surface area contributed by atoms with E-state index in [2.05, 4.69) is 11.4 Å². The van der Waals surface area contributed by atoms with Crippen molar-refractivity contribution in [1.82, 2.24) is 5.32 Å². The van der Waals surface area contributed by atoms with Gasteiger partial charge in [-0.1, -0.05) is 60.7 Å². The van der Waals surface area contributed by atoms with Crippen molar-refractivity contribution >= 4 is 6.09 Å². The molecule has 4 heteroatoms. The van der Waals surface area contributed by atoms with Crippen LogP contribution in [0.15, 0.2) is 60.7 Å². The van der Waals surface area contributed by atoms with Crippen LogP contribution < -0.4 is 5.32 Å². The summed E-state index contributed by atoms with van der Waals surface area (Å²) in [5, 5.41) is 21.3. The van der Waals surface area contributed by atoms with E-state index >= 15 is 0 Å². The molecule has 0 bridgehead atoms. The molecule has 0 unspecified atom stereocenters. The number of hydrogen-bond donors (Lipinski definition) is 2. The molecule has 0 saturated heterocycles. The highest BCUT2D eigenvalue weighted by molar-refractivity contribution is 5.65. The standard InChI is InChI=1S/C18H18N2O2/c1-14(20-17(21)22)12-18(13-19,15-8-4-2-5-9-15)16-10-6-3-7-11-16/h2-11,14,20H,12H2,1H3,(H,21,22)/t14-/m0/s1. The summed E-state index contributed by atoms with van der Waals surface area (Å²) in [4.78, 5) is 10.9. The summed E-state index contributed by atoms with van der Waals surface area (Å²) < 4.78 is 0. The highest BCUT2D eigenvalue weighted by Crippen LogP contribution is 2.36. The highest BCUT2D eigenvalue weighted by Gasteiger charge is 2.36. The molecular weight excluding hydrogens is 276 g/mol. The Morgan fingerprint density at radius 1 is 1.14 bits per heavy atom.